The van der Waals surface area contributed by atoms with Crippen LogP contribution in [0.5, 0.6) is 5.75 Å². The van der Waals surface area contributed by atoms with Crippen LogP contribution in [0.15, 0.2) is 85.4 Å². The largest absolute Gasteiger partial charge is 0.497 e. The Labute approximate surface area is 232 Å². The molecular formula is C32H31N3O5. The number of nitrogens with one attached hydrogen (secondary N) is 1. The van der Waals surface area contributed by atoms with E-state index in [-0.39, 0.29) is 31.6 Å². The Morgan fingerprint density at radius 1 is 1.10 bits per heavy atom. The molecule has 3 heterocycles. The van der Waals surface area contributed by atoms with Gasteiger partial charge in [-0.15, -0.1) is 0 Å². The Balaban J connectivity index is 1.29. The zero-order valence-electron chi connectivity index (χ0n) is 22.3. The second-order valence-corrected chi connectivity index (χ2v) is 10.5. The summed E-state index contributed by atoms with van der Waals surface area (Å²) >= 11 is 0. The highest BCUT2D eigenvalue weighted by atomic mass is 16.5. The topological polar surface area (TPSA) is 95.1 Å². The molecular weight excluding hydrogens is 506 g/mol. The Morgan fingerprint density at radius 3 is 2.62 bits per heavy atom. The molecule has 4 aromatic rings. The molecule has 1 atom stereocenters. The fraction of sp³-hybridized carbons (Fsp3) is 0.250. The molecule has 0 spiro atoms. The first-order chi connectivity index (χ1) is 19.3. The second-order valence-electron chi connectivity index (χ2n) is 10.5. The van der Waals surface area contributed by atoms with Gasteiger partial charge in [0.15, 0.2) is 0 Å². The second kappa shape index (κ2) is 10.3. The average molecular weight is 538 g/mol. The zero-order valence-corrected chi connectivity index (χ0v) is 22.3. The lowest BCUT2D eigenvalue weighted by Gasteiger charge is -2.42. The smallest absolute Gasteiger partial charge is 0.270 e. The lowest BCUT2D eigenvalue weighted by molar-refractivity contribution is -0.184. The number of rotatable bonds is 7. The van der Waals surface area contributed by atoms with Gasteiger partial charge in [0.25, 0.3) is 5.91 Å². The number of hydrogen-bond donors (Lipinski definition) is 2. The number of hydrogen-bond acceptors (Lipinski definition) is 5. The van der Waals surface area contributed by atoms with Crippen LogP contribution in [0.4, 0.5) is 0 Å². The first-order valence-electron chi connectivity index (χ1n) is 13.2. The molecule has 2 saturated heterocycles. The minimum absolute atomic E-state index is 0.0481. The van der Waals surface area contributed by atoms with E-state index in [1.54, 1.807) is 23.0 Å². The summed E-state index contributed by atoms with van der Waals surface area (Å²) in [5, 5.41) is 11.6. The molecule has 2 fully saturated rings. The Bertz CT molecular complexity index is 1590. The molecule has 0 unspecified atom stereocenters. The number of aromatic amines is 1. The van der Waals surface area contributed by atoms with E-state index in [4.69, 9.17) is 9.47 Å². The molecule has 204 valence electrons. The monoisotopic (exact) mass is 537 g/mol. The van der Waals surface area contributed by atoms with Crippen molar-refractivity contribution in [1.82, 2.24) is 14.8 Å². The van der Waals surface area contributed by atoms with Crippen molar-refractivity contribution in [2.45, 2.75) is 18.2 Å². The van der Waals surface area contributed by atoms with E-state index in [9.17, 15) is 14.7 Å². The van der Waals surface area contributed by atoms with Gasteiger partial charge < -0.3 is 29.4 Å². The van der Waals surface area contributed by atoms with Gasteiger partial charge in [0.05, 0.1) is 26.4 Å². The number of carbonyl (C=O) groups is 2. The summed E-state index contributed by atoms with van der Waals surface area (Å²) in [6.45, 7) is 5.45. The fourth-order valence-corrected chi connectivity index (χ4v) is 5.44. The van der Waals surface area contributed by atoms with Crippen LogP contribution in [0.25, 0.3) is 16.5 Å². The van der Waals surface area contributed by atoms with Crippen molar-refractivity contribution >= 4 is 28.3 Å². The summed E-state index contributed by atoms with van der Waals surface area (Å²) in [7, 11) is 1.60. The predicted octanol–water partition coefficient (Wildman–Crippen LogP) is 3.96. The Hall–Kier alpha value is -4.40. The first-order valence-corrected chi connectivity index (χ1v) is 13.2. The van der Waals surface area contributed by atoms with Gasteiger partial charge in [0.1, 0.15) is 23.6 Å². The van der Waals surface area contributed by atoms with Crippen LogP contribution >= 0.6 is 0 Å². The van der Waals surface area contributed by atoms with Crippen LogP contribution in [-0.2, 0) is 21.7 Å². The van der Waals surface area contributed by atoms with E-state index in [0.717, 1.165) is 33.2 Å². The van der Waals surface area contributed by atoms with Crippen LogP contribution in [0.2, 0.25) is 0 Å². The molecule has 2 N–H and O–H groups in total. The Morgan fingerprint density at radius 2 is 1.90 bits per heavy atom. The molecule has 8 heteroatoms. The molecule has 2 aliphatic rings. The van der Waals surface area contributed by atoms with Gasteiger partial charge in [-0.3, -0.25) is 9.59 Å². The third-order valence-corrected chi connectivity index (χ3v) is 7.81. The third kappa shape index (κ3) is 4.76. The number of piperazine rings is 1. The van der Waals surface area contributed by atoms with Crippen molar-refractivity contribution in [2.75, 3.05) is 33.4 Å². The lowest BCUT2D eigenvalue weighted by Crippen LogP contribution is -2.57. The minimum atomic E-state index is -0.998. The van der Waals surface area contributed by atoms with Crippen LogP contribution in [-0.4, -0.2) is 71.2 Å². The molecule has 8 nitrogen and oxygen atoms in total. The van der Waals surface area contributed by atoms with Crippen molar-refractivity contribution in [2.24, 2.45) is 0 Å². The van der Waals surface area contributed by atoms with E-state index in [1.165, 1.54) is 0 Å². The van der Waals surface area contributed by atoms with Crippen molar-refractivity contribution in [3.8, 4) is 5.75 Å². The fourth-order valence-electron chi connectivity index (χ4n) is 5.44. The number of benzene rings is 3. The molecule has 0 bridgehead atoms. The van der Waals surface area contributed by atoms with Crippen LogP contribution < -0.4 is 4.74 Å². The van der Waals surface area contributed by atoms with E-state index < -0.39 is 11.6 Å². The molecule has 6 rings (SSSR count). The van der Waals surface area contributed by atoms with E-state index >= 15 is 0 Å². The number of ether oxygens (including phenoxy) is 2. The SMILES string of the molecule is C=C(c1ccccc1)[C@H]1CN(C(=O)c2cc3cc(OC)ccc3[nH]2)CC(=O)N1Cc1cccc(C2(O)COC2)c1. The standard InChI is InChI=1S/C32H31N3O5/c1-21(23-8-4-3-5-9-23)29-17-34(31(37)28-15-24-14-26(39-2)11-12-27(24)33-28)18-30(36)35(29)16-22-7-6-10-25(13-22)32(38)19-40-20-32/h3-15,29,33,38H,1,16-20H2,2H3/t29-/m1/s1. The van der Waals surface area contributed by atoms with E-state index in [0.29, 0.717) is 24.5 Å². The molecule has 1 aromatic heterocycles. The normalized spacial score (nSPS) is 18.4. The number of nitrogens with zero attached hydrogens (tertiary/aromatic N) is 2. The van der Waals surface area contributed by atoms with Crippen molar-refractivity contribution in [3.63, 3.8) is 0 Å². The molecule has 0 saturated carbocycles. The number of aromatic nitrogens is 1. The van der Waals surface area contributed by atoms with Gasteiger partial charge in [0.2, 0.25) is 5.91 Å². The summed E-state index contributed by atoms with van der Waals surface area (Å²) in [4.78, 5) is 33.9. The number of fused-ring (bicyclic) bond motifs is 1. The summed E-state index contributed by atoms with van der Waals surface area (Å²) in [6, 6.07) is 24.3. The zero-order chi connectivity index (χ0) is 27.9. The molecule has 2 amide bonds. The number of H-pyrrole nitrogens is 1. The first kappa shape index (κ1) is 25.9. The lowest BCUT2D eigenvalue weighted by atomic mass is 9.90. The highest BCUT2D eigenvalue weighted by Gasteiger charge is 2.39. The van der Waals surface area contributed by atoms with Gasteiger partial charge in [-0.1, -0.05) is 61.2 Å². The van der Waals surface area contributed by atoms with Gasteiger partial charge in [-0.25, -0.2) is 0 Å². The van der Waals surface area contributed by atoms with Crippen molar-refractivity contribution < 1.29 is 24.2 Å². The molecule has 0 radical (unpaired) electrons. The Kier molecular flexibility index (Phi) is 6.65. The van der Waals surface area contributed by atoms with Gasteiger partial charge in [-0.05, 0) is 46.5 Å². The maximum atomic E-state index is 13.7. The third-order valence-electron chi connectivity index (χ3n) is 7.81. The number of amides is 2. The minimum Gasteiger partial charge on any atom is -0.497 e. The van der Waals surface area contributed by atoms with Gasteiger partial charge in [-0.2, -0.15) is 0 Å². The summed E-state index contributed by atoms with van der Waals surface area (Å²) in [5.41, 5.74) is 3.56. The summed E-state index contributed by atoms with van der Waals surface area (Å²) in [5.74, 6) is 0.285. The predicted molar refractivity (Wildman–Crippen MR) is 152 cm³/mol. The molecule has 40 heavy (non-hydrogen) atoms. The maximum absolute atomic E-state index is 13.7. The molecule has 2 aliphatic heterocycles. The van der Waals surface area contributed by atoms with Crippen molar-refractivity contribution in [3.05, 3.63) is 108 Å². The average Bonchev–Trinajstić information content (AvgIpc) is 3.40. The van der Waals surface area contributed by atoms with Crippen molar-refractivity contribution in [1.29, 1.82) is 0 Å². The number of methoxy groups -OCH3 is 1. The van der Waals surface area contributed by atoms with Crippen LogP contribution in [0, 0.1) is 0 Å². The van der Waals surface area contributed by atoms with Gasteiger partial charge >= 0.3 is 0 Å². The molecule has 3 aromatic carbocycles. The number of aliphatic hydroxyl groups is 1. The van der Waals surface area contributed by atoms with E-state index in [1.807, 2.05) is 72.8 Å². The highest BCUT2D eigenvalue weighted by molar-refractivity contribution is 6.00. The quantitative estimate of drug-likeness (QED) is 0.372. The number of carbonyl (C=O) groups excluding carboxylic acids is 2. The highest BCUT2D eigenvalue weighted by Crippen LogP contribution is 2.32. The van der Waals surface area contributed by atoms with Crippen LogP contribution in [0.1, 0.15) is 27.2 Å². The molecule has 0 aliphatic carbocycles. The van der Waals surface area contributed by atoms with Gasteiger partial charge in [0, 0.05) is 24.0 Å². The summed E-state index contributed by atoms with van der Waals surface area (Å²) < 4.78 is 10.5. The van der Waals surface area contributed by atoms with Crippen LogP contribution in [0.3, 0.4) is 0 Å². The summed E-state index contributed by atoms with van der Waals surface area (Å²) in [6.07, 6.45) is 0. The maximum Gasteiger partial charge on any atom is 0.270 e. The van der Waals surface area contributed by atoms with E-state index in [2.05, 4.69) is 11.6 Å².